The van der Waals surface area contributed by atoms with Crippen LogP contribution in [0.5, 0.6) is 0 Å². The maximum atomic E-state index is 5.96. The molecule has 0 radical (unpaired) electrons. The average Bonchev–Trinajstić information content (AvgIpc) is 2.44. The van der Waals surface area contributed by atoms with E-state index in [4.69, 9.17) is 5.73 Å². The predicted molar refractivity (Wildman–Crippen MR) is 79.7 cm³/mol. The topological polar surface area (TPSA) is 29.3 Å². The average molecular weight is 248 g/mol. The molecule has 102 valence electrons. The van der Waals surface area contributed by atoms with Crippen molar-refractivity contribution < 1.29 is 0 Å². The van der Waals surface area contributed by atoms with Gasteiger partial charge < -0.3 is 10.6 Å². The van der Waals surface area contributed by atoms with Crippen LogP contribution in [-0.4, -0.2) is 31.6 Å². The van der Waals surface area contributed by atoms with Gasteiger partial charge in [-0.3, -0.25) is 0 Å². The first kappa shape index (κ1) is 15.2. The Bertz CT molecular complexity index is 309. The van der Waals surface area contributed by atoms with Crippen molar-refractivity contribution in [3.8, 4) is 0 Å². The van der Waals surface area contributed by atoms with Crippen LogP contribution < -0.4 is 5.73 Å². The van der Waals surface area contributed by atoms with Gasteiger partial charge in [0.25, 0.3) is 0 Å². The van der Waals surface area contributed by atoms with Gasteiger partial charge in [0.2, 0.25) is 0 Å². The molecular weight excluding hydrogens is 220 g/mol. The van der Waals surface area contributed by atoms with Gasteiger partial charge in [-0.2, -0.15) is 0 Å². The van der Waals surface area contributed by atoms with Crippen molar-refractivity contribution in [3.05, 3.63) is 35.9 Å². The first-order valence-electron chi connectivity index (χ1n) is 7.08. The molecule has 0 spiro atoms. The molecule has 1 aromatic carbocycles. The van der Waals surface area contributed by atoms with Gasteiger partial charge in [-0.05, 0) is 43.8 Å². The second kappa shape index (κ2) is 7.55. The first-order valence-corrected chi connectivity index (χ1v) is 7.08. The summed E-state index contributed by atoms with van der Waals surface area (Å²) in [5.74, 6) is 0. The van der Waals surface area contributed by atoms with Crippen molar-refractivity contribution in [3.63, 3.8) is 0 Å². The molecule has 0 aromatic heterocycles. The zero-order chi connectivity index (χ0) is 13.4. The van der Waals surface area contributed by atoms with E-state index < -0.39 is 0 Å². The Hall–Kier alpha value is -0.860. The highest BCUT2D eigenvalue weighted by molar-refractivity contribution is 5.14. The van der Waals surface area contributed by atoms with Gasteiger partial charge in [0.1, 0.15) is 0 Å². The smallest absolute Gasteiger partial charge is 0.00469 e. The Labute approximate surface area is 112 Å². The highest BCUT2D eigenvalue weighted by atomic mass is 15.1. The number of hydrogen-bond acceptors (Lipinski definition) is 2. The minimum atomic E-state index is 0.297. The maximum Gasteiger partial charge on any atom is 0.00469 e. The molecule has 0 aliphatic carbocycles. The van der Waals surface area contributed by atoms with Crippen molar-refractivity contribution in [2.75, 3.05) is 26.7 Å². The van der Waals surface area contributed by atoms with E-state index in [1.165, 1.54) is 5.56 Å². The lowest BCUT2D eigenvalue weighted by atomic mass is 9.82. The summed E-state index contributed by atoms with van der Waals surface area (Å²) in [4.78, 5) is 2.42. The summed E-state index contributed by atoms with van der Waals surface area (Å²) in [7, 11) is 2.21. The van der Waals surface area contributed by atoms with Gasteiger partial charge in [0.05, 0.1) is 0 Å². The summed E-state index contributed by atoms with van der Waals surface area (Å²) in [6, 6.07) is 10.7. The first-order chi connectivity index (χ1) is 8.65. The van der Waals surface area contributed by atoms with Crippen molar-refractivity contribution in [1.29, 1.82) is 0 Å². The fraction of sp³-hybridized carbons (Fsp3) is 0.625. The van der Waals surface area contributed by atoms with Crippen molar-refractivity contribution >= 4 is 0 Å². The summed E-state index contributed by atoms with van der Waals surface area (Å²) in [6.45, 7) is 7.49. The molecule has 1 rings (SSSR count). The highest BCUT2D eigenvalue weighted by Crippen LogP contribution is 2.25. The molecule has 0 saturated heterocycles. The van der Waals surface area contributed by atoms with Gasteiger partial charge in [-0.15, -0.1) is 0 Å². The fourth-order valence-corrected chi connectivity index (χ4v) is 2.44. The van der Waals surface area contributed by atoms with E-state index in [1.54, 1.807) is 0 Å². The molecule has 1 aromatic rings. The number of rotatable bonds is 8. The lowest BCUT2D eigenvalue weighted by Gasteiger charge is -2.34. The molecule has 0 saturated carbocycles. The molecule has 18 heavy (non-hydrogen) atoms. The summed E-state index contributed by atoms with van der Waals surface area (Å²) in [5.41, 5.74) is 7.67. The van der Waals surface area contributed by atoms with Crippen LogP contribution in [0.25, 0.3) is 0 Å². The Morgan fingerprint density at radius 2 is 1.72 bits per heavy atom. The van der Waals surface area contributed by atoms with E-state index in [-0.39, 0.29) is 0 Å². The summed E-state index contributed by atoms with van der Waals surface area (Å²) < 4.78 is 0. The molecule has 0 atom stereocenters. The molecule has 0 aliphatic rings. The molecule has 0 unspecified atom stereocenters. The number of nitrogens with two attached hydrogens (primary N) is 1. The van der Waals surface area contributed by atoms with Crippen molar-refractivity contribution in [2.24, 2.45) is 11.1 Å². The predicted octanol–water partition coefficient (Wildman–Crippen LogP) is 2.93. The van der Waals surface area contributed by atoms with Crippen molar-refractivity contribution in [2.45, 2.75) is 33.1 Å². The van der Waals surface area contributed by atoms with Gasteiger partial charge in [-0.25, -0.2) is 0 Å². The van der Waals surface area contributed by atoms with Gasteiger partial charge in [0.15, 0.2) is 0 Å². The molecule has 0 amide bonds. The van der Waals surface area contributed by atoms with Crippen LogP contribution in [0, 0.1) is 5.41 Å². The third-order valence-electron chi connectivity index (χ3n) is 4.16. The molecule has 2 nitrogen and oxygen atoms in total. The highest BCUT2D eigenvalue weighted by Gasteiger charge is 2.25. The molecule has 0 fully saturated rings. The number of likely N-dealkylation sites (N-methyl/N-ethyl adjacent to an activating group) is 1. The van der Waals surface area contributed by atoms with Gasteiger partial charge >= 0.3 is 0 Å². The van der Waals surface area contributed by atoms with E-state index in [0.717, 1.165) is 38.9 Å². The molecule has 0 bridgehead atoms. The van der Waals surface area contributed by atoms with E-state index >= 15 is 0 Å². The second-order valence-corrected chi connectivity index (χ2v) is 5.38. The van der Waals surface area contributed by atoms with Crippen LogP contribution in [0.2, 0.25) is 0 Å². The minimum absolute atomic E-state index is 0.297. The Morgan fingerprint density at radius 1 is 1.11 bits per heavy atom. The van der Waals surface area contributed by atoms with E-state index in [2.05, 4.69) is 56.1 Å². The second-order valence-electron chi connectivity index (χ2n) is 5.38. The number of nitrogens with zero attached hydrogens (tertiary/aromatic N) is 1. The normalized spacial score (nSPS) is 12.1. The Balaban J connectivity index is 2.43. The molecule has 2 heteroatoms. The number of benzene rings is 1. The monoisotopic (exact) mass is 248 g/mol. The van der Waals surface area contributed by atoms with Gasteiger partial charge in [-0.1, -0.05) is 44.2 Å². The summed E-state index contributed by atoms with van der Waals surface area (Å²) >= 11 is 0. The number of hydrogen-bond donors (Lipinski definition) is 1. The quantitative estimate of drug-likeness (QED) is 0.766. The summed E-state index contributed by atoms with van der Waals surface area (Å²) in [6.07, 6.45) is 3.44. The van der Waals surface area contributed by atoms with Gasteiger partial charge in [0, 0.05) is 13.1 Å². The van der Waals surface area contributed by atoms with Crippen LogP contribution in [0.15, 0.2) is 30.3 Å². The Morgan fingerprint density at radius 3 is 2.22 bits per heavy atom. The van der Waals surface area contributed by atoms with E-state index in [1.807, 2.05) is 0 Å². The fourth-order valence-electron chi connectivity index (χ4n) is 2.44. The van der Waals surface area contributed by atoms with Crippen LogP contribution in [-0.2, 0) is 6.42 Å². The van der Waals surface area contributed by atoms with E-state index in [0.29, 0.717) is 5.41 Å². The Kier molecular flexibility index (Phi) is 6.37. The molecular formula is C16H28N2. The van der Waals surface area contributed by atoms with Crippen LogP contribution >= 0.6 is 0 Å². The third kappa shape index (κ3) is 4.43. The third-order valence-corrected chi connectivity index (χ3v) is 4.16. The zero-order valence-electron chi connectivity index (χ0n) is 12.2. The van der Waals surface area contributed by atoms with Crippen LogP contribution in [0.1, 0.15) is 32.3 Å². The minimum Gasteiger partial charge on any atom is -0.330 e. The molecule has 0 aliphatic heterocycles. The van der Waals surface area contributed by atoms with E-state index in [9.17, 15) is 0 Å². The largest absolute Gasteiger partial charge is 0.330 e. The van der Waals surface area contributed by atoms with Crippen molar-refractivity contribution in [1.82, 2.24) is 4.90 Å². The molecule has 0 heterocycles. The maximum absolute atomic E-state index is 5.96. The lowest BCUT2D eigenvalue weighted by molar-refractivity contribution is 0.168. The lowest BCUT2D eigenvalue weighted by Crippen LogP contribution is -2.41. The van der Waals surface area contributed by atoms with Crippen LogP contribution in [0.3, 0.4) is 0 Å². The summed E-state index contributed by atoms with van der Waals surface area (Å²) in [5, 5.41) is 0. The standard InChI is InChI=1S/C16H28N2/c1-4-16(5-2,13-17)14-18(3)12-11-15-9-7-6-8-10-15/h6-10H,4-5,11-14,17H2,1-3H3. The zero-order valence-corrected chi connectivity index (χ0v) is 12.2. The molecule has 2 N–H and O–H groups in total. The SMILES string of the molecule is CCC(CC)(CN)CN(C)CCc1ccccc1. The van der Waals surface area contributed by atoms with Crippen LogP contribution in [0.4, 0.5) is 0 Å².